The molecule has 4 nitrogen and oxygen atoms in total. The number of nitrogens with zero attached hydrogens (tertiary/aromatic N) is 1. The molecule has 1 aromatic carbocycles. The molecule has 1 aliphatic heterocycles. The van der Waals surface area contributed by atoms with Crippen molar-refractivity contribution in [2.24, 2.45) is 5.92 Å². The quantitative estimate of drug-likeness (QED) is 0.740. The summed E-state index contributed by atoms with van der Waals surface area (Å²) in [6.45, 7) is 10.1. The molecule has 2 rings (SSSR count). The van der Waals surface area contributed by atoms with Gasteiger partial charge in [0.25, 0.3) is 0 Å². The van der Waals surface area contributed by atoms with E-state index in [4.69, 9.17) is 0 Å². The second-order valence-electron chi connectivity index (χ2n) is 8.08. The second kappa shape index (κ2) is 10.5. The minimum absolute atomic E-state index is 0.118. The van der Waals surface area contributed by atoms with E-state index < -0.39 is 0 Å². The van der Waals surface area contributed by atoms with E-state index in [1.807, 2.05) is 4.90 Å². The van der Waals surface area contributed by atoms with Crippen LogP contribution in [0, 0.1) is 5.92 Å². The van der Waals surface area contributed by atoms with Gasteiger partial charge in [-0.05, 0) is 49.1 Å². The first-order valence-corrected chi connectivity index (χ1v) is 10.6. The largest absolute Gasteiger partial charge is 0.353 e. The summed E-state index contributed by atoms with van der Waals surface area (Å²) in [6, 6.07) is 8.77. The lowest BCUT2D eigenvalue weighted by Gasteiger charge is -2.34. The molecule has 1 aliphatic rings. The number of hydrogen-bond acceptors (Lipinski definition) is 2. The molecule has 1 heterocycles. The Morgan fingerprint density at radius 1 is 1.07 bits per heavy atom. The highest BCUT2D eigenvalue weighted by molar-refractivity contribution is 5.79. The highest BCUT2D eigenvalue weighted by Gasteiger charge is 2.27. The third kappa shape index (κ3) is 6.37. The van der Waals surface area contributed by atoms with E-state index >= 15 is 0 Å². The van der Waals surface area contributed by atoms with Crippen molar-refractivity contribution in [3.05, 3.63) is 35.4 Å². The van der Waals surface area contributed by atoms with Crippen molar-refractivity contribution >= 4 is 11.8 Å². The van der Waals surface area contributed by atoms with Gasteiger partial charge in [-0.15, -0.1) is 0 Å². The molecule has 0 bridgehead atoms. The Labute approximate surface area is 164 Å². The molecule has 4 heteroatoms. The smallest absolute Gasteiger partial charge is 0.225 e. The maximum atomic E-state index is 12.5. The van der Waals surface area contributed by atoms with Crippen molar-refractivity contribution < 1.29 is 9.59 Å². The van der Waals surface area contributed by atoms with Gasteiger partial charge in [0.1, 0.15) is 0 Å². The summed E-state index contributed by atoms with van der Waals surface area (Å²) >= 11 is 0. The van der Waals surface area contributed by atoms with Gasteiger partial charge in [0, 0.05) is 31.5 Å². The first kappa shape index (κ1) is 21.5. The lowest BCUT2D eigenvalue weighted by molar-refractivity contribution is -0.137. The maximum absolute atomic E-state index is 12.5. The fourth-order valence-electron chi connectivity index (χ4n) is 3.77. The van der Waals surface area contributed by atoms with Crippen LogP contribution in [0.25, 0.3) is 0 Å². The zero-order chi connectivity index (χ0) is 19.8. The standard InChI is InChI=1S/C23H36N2O2/c1-5-19(6-2)23(27)25-15-13-21(14-16-25)24-22(26)12-9-18-7-10-20(11-8-18)17(3)4/h7-8,10-11,17,19,21H,5-6,9,12-16H2,1-4H3,(H,24,26). The van der Waals surface area contributed by atoms with Crippen LogP contribution in [0.15, 0.2) is 24.3 Å². The Morgan fingerprint density at radius 2 is 1.67 bits per heavy atom. The molecule has 0 radical (unpaired) electrons. The van der Waals surface area contributed by atoms with Crippen molar-refractivity contribution in [3.8, 4) is 0 Å². The van der Waals surface area contributed by atoms with Crippen molar-refractivity contribution in [1.82, 2.24) is 10.2 Å². The molecule has 0 saturated carbocycles. The van der Waals surface area contributed by atoms with E-state index in [0.29, 0.717) is 12.3 Å². The molecule has 27 heavy (non-hydrogen) atoms. The minimum atomic E-state index is 0.118. The number of aryl methyl sites for hydroxylation is 1. The predicted octanol–water partition coefficient (Wildman–Crippen LogP) is 4.29. The molecule has 0 aromatic heterocycles. The molecule has 1 saturated heterocycles. The lowest BCUT2D eigenvalue weighted by Crippen LogP contribution is -2.48. The Hall–Kier alpha value is -1.84. The van der Waals surface area contributed by atoms with Gasteiger partial charge < -0.3 is 10.2 Å². The normalized spacial score (nSPS) is 15.4. The van der Waals surface area contributed by atoms with E-state index in [2.05, 4.69) is 57.3 Å². The summed E-state index contributed by atoms with van der Waals surface area (Å²) in [4.78, 5) is 26.7. The van der Waals surface area contributed by atoms with E-state index in [-0.39, 0.29) is 23.8 Å². The third-order valence-electron chi connectivity index (χ3n) is 5.79. The SMILES string of the molecule is CCC(CC)C(=O)N1CCC(NC(=O)CCc2ccc(C(C)C)cc2)CC1. The fourth-order valence-corrected chi connectivity index (χ4v) is 3.77. The Bertz CT molecular complexity index is 597. The zero-order valence-corrected chi connectivity index (χ0v) is 17.5. The Kier molecular flexibility index (Phi) is 8.33. The van der Waals surface area contributed by atoms with E-state index in [0.717, 1.165) is 45.2 Å². The number of likely N-dealkylation sites (tertiary alicyclic amines) is 1. The number of nitrogens with one attached hydrogen (secondary N) is 1. The van der Waals surface area contributed by atoms with Crippen LogP contribution in [0.4, 0.5) is 0 Å². The van der Waals surface area contributed by atoms with Gasteiger partial charge in [0.15, 0.2) is 0 Å². The third-order valence-corrected chi connectivity index (χ3v) is 5.79. The van der Waals surface area contributed by atoms with Crippen LogP contribution < -0.4 is 5.32 Å². The van der Waals surface area contributed by atoms with Crippen molar-refractivity contribution in [2.45, 2.75) is 78.2 Å². The lowest BCUT2D eigenvalue weighted by atomic mass is 9.98. The zero-order valence-electron chi connectivity index (χ0n) is 17.5. The van der Waals surface area contributed by atoms with Gasteiger partial charge in [-0.3, -0.25) is 9.59 Å². The van der Waals surface area contributed by atoms with Crippen molar-refractivity contribution in [3.63, 3.8) is 0 Å². The number of carbonyl (C=O) groups excluding carboxylic acids is 2. The summed E-state index contributed by atoms with van der Waals surface area (Å²) in [7, 11) is 0. The first-order valence-electron chi connectivity index (χ1n) is 10.6. The summed E-state index contributed by atoms with van der Waals surface area (Å²) < 4.78 is 0. The van der Waals surface area contributed by atoms with Gasteiger partial charge in [0.2, 0.25) is 11.8 Å². The monoisotopic (exact) mass is 372 g/mol. The summed E-state index contributed by atoms with van der Waals surface area (Å²) in [5.41, 5.74) is 2.54. The average molecular weight is 373 g/mol. The van der Waals surface area contributed by atoms with Crippen LogP contribution in [0.1, 0.15) is 76.8 Å². The molecule has 1 fully saturated rings. The molecule has 1 aromatic rings. The summed E-state index contributed by atoms with van der Waals surface area (Å²) in [6.07, 6.45) is 4.83. The number of rotatable bonds is 8. The molecule has 150 valence electrons. The molecular formula is C23H36N2O2. The summed E-state index contributed by atoms with van der Waals surface area (Å²) in [5, 5.41) is 3.16. The van der Waals surface area contributed by atoms with Gasteiger partial charge in [-0.25, -0.2) is 0 Å². The molecule has 1 N–H and O–H groups in total. The van der Waals surface area contributed by atoms with Crippen LogP contribution in [-0.2, 0) is 16.0 Å². The molecule has 0 spiro atoms. The summed E-state index contributed by atoms with van der Waals surface area (Å²) in [5.74, 6) is 1.09. The molecule has 0 atom stereocenters. The average Bonchev–Trinajstić information content (AvgIpc) is 2.68. The Morgan fingerprint density at radius 3 is 2.19 bits per heavy atom. The van der Waals surface area contributed by atoms with Gasteiger partial charge in [-0.2, -0.15) is 0 Å². The molecular weight excluding hydrogens is 336 g/mol. The van der Waals surface area contributed by atoms with Crippen LogP contribution in [0.2, 0.25) is 0 Å². The van der Waals surface area contributed by atoms with Gasteiger partial charge in [0.05, 0.1) is 0 Å². The molecule has 0 unspecified atom stereocenters. The first-order chi connectivity index (χ1) is 12.9. The fraction of sp³-hybridized carbons (Fsp3) is 0.652. The van der Waals surface area contributed by atoms with Crippen LogP contribution >= 0.6 is 0 Å². The topological polar surface area (TPSA) is 49.4 Å². The van der Waals surface area contributed by atoms with E-state index in [1.54, 1.807) is 0 Å². The van der Waals surface area contributed by atoms with Gasteiger partial charge >= 0.3 is 0 Å². The highest BCUT2D eigenvalue weighted by Crippen LogP contribution is 2.18. The number of hydrogen-bond donors (Lipinski definition) is 1. The van der Waals surface area contributed by atoms with Gasteiger partial charge in [-0.1, -0.05) is 52.0 Å². The van der Waals surface area contributed by atoms with E-state index in [1.165, 1.54) is 11.1 Å². The van der Waals surface area contributed by atoms with E-state index in [9.17, 15) is 9.59 Å². The molecule has 2 amide bonds. The van der Waals surface area contributed by atoms with Crippen LogP contribution in [0.3, 0.4) is 0 Å². The molecule has 0 aliphatic carbocycles. The second-order valence-corrected chi connectivity index (χ2v) is 8.08. The van der Waals surface area contributed by atoms with Crippen LogP contribution in [0.5, 0.6) is 0 Å². The number of amides is 2. The van der Waals surface area contributed by atoms with Crippen LogP contribution in [-0.4, -0.2) is 35.8 Å². The van der Waals surface area contributed by atoms with Crippen molar-refractivity contribution in [1.29, 1.82) is 0 Å². The number of benzene rings is 1. The number of piperidine rings is 1. The highest BCUT2D eigenvalue weighted by atomic mass is 16.2. The Balaban J connectivity index is 1.72. The number of carbonyl (C=O) groups is 2. The maximum Gasteiger partial charge on any atom is 0.225 e. The van der Waals surface area contributed by atoms with Crippen molar-refractivity contribution in [2.75, 3.05) is 13.1 Å². The minimum Gasteiger partial charge on any atom is -0.353 e. The predicted molar refractivity (Wildman–Crippen MR) is 111 cm³/mol.